The van der Waals surface area contributed by atoms with Gasteiger partial charge in [-0.1, -0.05) is 32.4 Å². The third kappa shape index (κ3) is 7.55. The molecule has 34 heavy (non-hydrogen) atoms. The Morgan fingerprint density at radius 2 is 1.62 bits per heavy atom. The predicted molar refractivity (Wildman–Crippen MR) is 136 cm³/mol. The normalized spacial score (nSPS) is 14.8. The summed E-state index contributed by atoms with van der Waals surface area (Å²) < 4.78 is 32.9. The van der Waals surface area contributed by atoms with Gasteiger partial charge in [0.15, 0.2) is 0 Å². The number of sulfonamides is 1. The largest absolute Gasteiger partial charge is 0.492 e. The molecule has 3 rings (SSSR count). The number of anilines is 1. The van der Waals surface area contributed by atoms with Crippen molar-refractivity contribution in [3.63, 3.8) is 0 Å². The Labute approximate surface area is 204 Å². The van der Waals surface area contributed by atoms with Crippen LogP contribution in [0, 0.1) is 0 Å². The molecule has 0 bridgehead atoms. The highest BCUT2D eigenvalue weighted by atomic mass is 32.2. The summed E-state index contributed by atoms with van der Waals surface area (Å²) in [4.78, 5) is 15.0. The van der Waals surface area contributed by atoms with Gasteiger partial charge >= 0.3 is 0 Å². The van der Waals surface area contributed by atoms with Crippen molar-refractivity contribution in [1.29, 1.82) is 0 Å². The van der Waals surface area contributed by atoms with Crippen LogP contribution in [0.4, 0.5) is 5.69 Å². The third-order valence-electron chi connectivity index (χ3n) is 6.23. The molecule has 186 valence electrons. The summed E-state index contributed by atoms with van der Waals surface area (Å²) in [5.41, 5.74) is 1.66. The SMILES string of the molecule is CCN(CC)CCOc1ccc(NC(=O)CCc2ccc(S(=O)(=O)N3CCCCC3)cc2)cc1. The van der Waals surface area contributed by atoms with Gasteiger partial charge in [-0.2, -0.15) is 4.31 Å². The highest BCUT2D eigenvalue weighted by molar-refractivity contribution is 7.89. The monoisotopic (exact) mass is 487 g/mol. The van der Waals surface area contributed by atoms with Crippen LogP contribution < -0.4 is 10.1 Å². The number of ether oxygens (including phenoxy) is 1. The average Bonchev–Trinajstić information content (AvgIpc) is 2.87. The van der Waals surface area contributed by atoms with Crippen LogP contribution in [-0.2, 0) is 21.2 Å². The van der Waals surface area contributed by atoms with E-state index in [1.54, 1.807) is 28.6 Å². The van der Waals surface area contributed by atoms with Gasteiger partial charge < -0.3 is 15.0 Å². The van der Waals surface area contributed by atoms with Gasteiger partial charge in [0.05, 0.1) is 4.90 Å². The summed E-state index contributed by atoms with van der Waals surface area (Å²) in [6, 6.07) is 14.3. The summed E-state index contributed by atoms with van der Waals surface area (Å²) in [7, 11) is -3.43. The molecule has 1 heterocycles. The molecule has 1 aliphatic heterocycles. The van der Waals surface area contributed by atoms with Crippen LogP contribution in [0.25, 0.3) is 0 Å². The Balaban J connectivity index is 1.44. The number of carbonyl (C=O) groups excluding carboxylic acids is 1. The molecule has 0 radical (unpaired) electrons. The molecule has 0 spiro atoms. The van der Waals surface area contributed by atoms with Gasteiger partial charge in [0.2, 0.25) is 15.9 Å². The van der Waals surface area contributed by atoms with Crippen LogP contribution in [0.1, 0.15) is 45.1 Å². The average molecular weight is 488 g/mol. The zero-order valence-electron chi connectivity index (χ0n) is 20.3. The number of hydrogen-bond donors (Lipinski definition) is 1. The number of piperidine rings is 1. The van der Waals surface area contributed by atoms with Gasteiger partial charge in [0.25, 0.3) is 0 Å². The van der Waals surface area contributed by atoms with Crippen LogP contribution in [0.15, 0.2) is 53.4 Å². The lowest BCUT2D eigenvalue weighted by molar-refractivity contribution is -0.116. The first-order valence-corrected chi connectivity index (χ1v) is 13.7. The molecule has 1 amide bonds. The van der Waals surface area contributed by atoms with Gasteiger partial charge in [-0.15, -0.1) is 0 Å². The molecule has 1 N–H and O–H groups in total. The molecule has 1 fully saturated rings. The number of hydrogen-bond acceptors (Lipinski definition) is 5. The summed E-state index contributed by atoms with van der Waals surface area (Å²) >= 11 is 0. The highest BCUT2D eigenvalue weighted by Gasteiger charge is 2.25. The van der Waals surface area contributed by atoms with E-state index < -0.39 is 10.0 Å². The fourth-order valence-corrected chi connectivity index (χ4v) is 5.55. The van der Waals surface area contributed by atoms with E-state index in [0.29, 0.717) is 37.4 Å². The van der Waals surface area contributed by atoms with Crippen molar-refractivity contribution in [2.24, 2.45) is 0 Å². The Morgan fingerprint density at radius 1 is 0.971 bits per heavy atom. The second-order valence-corrected chi connectivity index (χ2v) is 10.5. The van der Waals surface area contributed by atoms with Crippen LogP contribution in [0.2, 0.25) is 0 Å². The molecule has 0 atom stereocenters. The van der Waals surface area contributed by atoms with Crippen molar-refractivity contribution >= 4 is 21.6 Å². The van der Waals surface area contributed by atoms with E-state index in [1.165, 1.54) is 0 Å². The molecule has 1 aliphatic rings. The van der Waals surface area contributed by atoms with E-state index in [-0.39, 0.29) is 5.91 Å². The molecule has 7 nitrogen and oxygen atoms in total. The van der Waals surface area contributed by atoms with Crippen LogP contribution >= 0.6 is 0 Å². The first kappa shape index (κ1) is 26.2. The zero-order valence-corrected chi connectivity index (χ0v) is 21.1. The summed E-state index contributed by atoms with van der Waals surface area (Å²) in [5, 5.41) is 2.91. The molecule has 2 aromatic rings. The number of likely N-dealkylation sites (N-methyl/N-ethyl adjacent to an activating group) is 1. The Kier molecular flexibility index (Phi) is 9.92. The van der Waals surface area contributed by atoms with E-state index in [2.05, 4.69) is 24.1 Å². The Morgan fingerprint density at radius 3 is 2.24 bits per heavy atom. The third-order valence-corrected chi connectivity index (χ3v) is 8.14. The number of carbonyl (C=O) groups is 1. The fraction of sp³-hybridized carbons (Fsp3) is 0.500. The smallest absolute Gasteiger partial charge is 0.243 e. The number of nitrogens with zero attached hydrogens (tertiary/aromatic N) is 2. The van der Waals surface area contributed by atoms with Crippen molar-refractivity contribution in [3.05, 3.63) is 54.1 Å². The predicted octanol–water partition coefficient (Wildman–Crippen LogP) is 4.15. The lowest BCUT2D eigenvalue weighted by Gasteiger charge is -2.25. The second-order valence-electron chi connectivity index (χ2n) is 8.56. The second kappa shape index (κ2) is 12.9. The van der Waals surface area contributed by atoms with Crippen LogP contribution in [0.5, 0.6) is 5.75 Å². The van der Waals surface area contributed by atoms with Crippen molar-refractivity contribution < 1.29 is 17.9 Å². The molecule has 0 saturated carbocycles. The van der Waals surface area contributed by atoms with Crippen molar-refractivity contribution in [2.45, 2.75) is 50.8 Å². The van der Waals surface area contributed by atoms with Crippen LogP contribution in [0.3, 0.4) is 0 Å². The zero-order chi connectivity index (χ0) is 24.4. The maximum Gasteiger partial charge on any atom is 0.243 e. The van der Waals surface area contributed by atoms with E-state index in [9.17, 15) is 13.2 Å². The maximum absolute atomic E-state index is 12.8. The maximum atomic E-state index is 12.8. The minimum atomic E-state index is -3.43. The minimum absolute atomic E-state index is 0.0831. The Hall–Kier alpha value is -2.42. The van der Waals surface area contributed by atoms with Gasteiger partial charge in [-0.05, 0) is 74.3 Å². The van der Waals surface area contributed by atoms with Crippen LogP contribution in [-0.4, -0.2) is 62.9 Å². The van der Waals surface area contributed by atoms with E-state index in [1.807, 2.05) is 24.3 Å². The molecule has 1 saturated heterocycles. The number of benzene rings is 2. The quantitative estimate of drug-likeness (QED) is 0.487. The van der Waals surface area contributed by atoms with Gasteiger partial charge in [-0.25, -0.2) is 8.42 Å². The molecule has 2 aromatic carbocycles. The van der Waals surface area contributed by atoms with Crippen molar-refractivity contribution in [3.8, 4) is 5.75 Å². The number of amides is 1. The molecule has 0 unspecified atom stereocenters. The van der Waals surface area contributed by atoms with E-state index >= 15 is 0 Å². The molecule has 0 aliphatic carbocycles. The highest BCUT2D eigenvalue weighted by Crippen LogP contribution is 2.21. The molecule has 0 aromatic heterocycles. The summed E-state index contributed by atoms with van der Waals surface area (Å²) in [6.45, 7) is 8.98. The summed E-state index contributed by atoms with van der Waals surface area (Å²) in [6.07, 6.45) is 3.78. The van der Waals surface area contributed by atoms with Gasteiger partial charge in [-0.3, -0.25) is 4.79 Å². The van der Waals surface area contributed by atoms with E-state index in [0.717, 1.165) is 55.9 Å². The minimum Gasteiger partial charge on any atom is -0.492 e. The number of rotatable bonds is 12. The standard InChI is InChI=1S/C26H37N3O4S/c1-3-28(4-2)20-21-33-24-13-11-23(12-14-24)27-26(30)17-10-22-8-15-25(16-9-22)34(31,32)29-18-6-5-7-19-29/h8-9,11-16H,3-7,10,17-21H2,1-2H3,(H,27,30). The molecular formula is C26H37N3O4S. The van der Waals surface area contributed by atoms with Gasteiger partial charge in [0, 0.05) is 31.7 Å². The first-order valence-electron chi connectivity index (χ1n) is 12.3. The van der Waals surface area contributed by atoms with Gasteiger partial charge in [0.1, 0.15) is 12.4 Å². The lowest BCUT2D eigenvalue weighted by Crippen LogP contribution is -2.35. The fourth-order valence-electron chi connectivity index (χ4n) is 4.03. The van der Waals surface area contributed by atoms with Crippen molar-refractivity contribution in [1.82, 2.24) is 9.21 Å². The number of aryl methyl sites for hydroxylation is 1. The molecular weight excluding hydrogens is 450 g/mol. The lowest BCUT2D eigenvalue weighted by atomic mass is 10.1. The topological polar surface area (TPSA) is 79.0 Å². The molecule has 8 heteroatoms. The van der Waals surface area contributed by atoms with Crippen molar-refractivity contribution in [2.75, 3.05) is 44.6 Å². The number of nitrogens with one attached hydrogen (secondary N) is 1. The summed E-state index contributed by atoms with van der Waals surface area (Å²) in [5.74, 6) is 0.699. The van der Waals surface area contributed by atoms with E-state index in [4.69, 9.17) is 4.74 Å². The Bertz CT molecular complexity index is 997. The first-order chi connectivity index (χ1) is 16.4.